The van der Waals surface area contributed by atoms with Crippen LogP contribution in [-0.4, -0.2) is 36.2 Å². The summed E-state index contributed by atoms with van der Waals surface area (Å²) in [7, 11) is 0. The lowest BCUT2D eigenvalue weighted by atomic mass is 10.0. The van der Waals surface area contributed by atoms with E-state index in [1.54, 1.807) is 45.0 Å². The quantitative estimate of drug-likeness (QED) is 0.190. The molecule has 0 bridgehead atoms. The van der Waals surface area contributed by atoms with Crippen molar-refractivity contribution in [2.45, 2.75) is 38.6 Å². The normalized spacial score (nSPS) is 12.6. The van der Waals surface area contributed by atoms with Gasteiger partial charge in [0.1, 0.15) is 23.8 Å². The van der Waals surface area contributed by atoms with E-state index >= 15 is 0 Å². The number of aliphatic imine (C=N–C) groups is 1. The molecule has 0 aliphatic heterocycles. The largest absolute Gasteiger partial charge is 0.490 e. The first-order chi connectivity index (χ1) is 17.7. The average Bonchev–Trinajstić information content (AvgIpc) is 2.88. The maximum absolute atomic E-state index is 12.9. The zero-order valence-corrected chi connectivity index (χ0v) is 21.0. The van der Waals surface area contributed by atoms with Crippen LogP contribution in [0, 0.1) is 0 Å². The molecule has 0 aromatic heterocycles. The van der Waals surface area contributed by atoms with Crippen LogP contribution < -0.4 is 16.4 Å². The Morgan fingerprint density at radius 3 is 1.89 bits per heavy atom. The summed E-state index contributed by atoms with van der Waals surface area (Å²) in [5.41, 5.74) is 7.33. The van der Waals surface area contributed by atoms with Gasteiger partial charge in [0.05, 0.1) is 0 Å². The number of nitrogens with zero attached hydrogens (tertiary/aromatic N) is 1. The fourth-order valence-corrected chi connectivity index (χ4v) is 3.28. The van der Waals surface area contributed by atoms with Gasteiger partial charge in [-0.3, -0.25) is 4.84 Å². The molecule has 37 heavy (non-hydrogen) atoms. The molecule has 0 saturated heterocycles. The van der Waals surface area contributed by atoms with E-state index in [0.717, 1.165) is 11.1 Å². The second kappa shape index (κ2) is 12.7. The van der Waals surface area contributed by atoms with Crippen LogP contribution in [0.3, 0.4) is 0 Å². The molecule has 3 rings (SSSR count). The summed E-state index contributed by atoms with van der Waals surface area (Å²) < 4.78 is 16.6. The van der Waals surface area contributed by atoms with Gasteiger partial charge >= 0.3 is 12.1 Å². The van der Waals surface area contributed by atoms with E-state index in [9.17, 15) is 9.59 Å². The molecule has 1 amide bonds. The number of hydrogen-bond donors (Lipinski definition) is 2. The topological polar surface area (TPSA) is 135 Å². The number of amides is 1. The van der Waals surface area contributed by atoms with Gasteiger partial charge in [-0.2, -0.15) is 4.99 Å². The predicted octanol–water partition coefficient (Wildman–Crippen LogP) is 4.30. The molecule has 0 heterocycles. The number of hydrogen-bond acceptors (Lipinski definition) is 7. The van der Waals surface area contributed by atoms with E-state index in [2.05, 4.69) is 4.99 Å². The molecule has 0 fully saturated rings. The predicted molar refractivity (Wildman–Crippen MR) is 139 cm³/mol. The van der Waals surface area contributed by atoms with Gasteiger partial charge in [0.15, 0.2) is 6.10 Å². The van der Waals surface area contributed by atoms with Crippen LogP contribution in [-0.2, 0) is 19.1 Å². The van der Waals surface area contributed by atoms with Crippen molar-refractivity contribution < 1.29 is 28.6 Å². The van der Waals surface area contributed by atoms with Crippen LogP contribution in [0.25, 0.3) is 0 Å². The van der Waals surface area contributed by atoms with Crippen LogP contribution in [0.1, 0.15) is 43.6 Å². The van der Waals surface area contributed by atoms with Gasteiger partial charge in [0.25, 0.3) is 0 Å². The summed E-state index contributed by atoms with van der Waals surface area (Å²) in [6.07, 6.45) is -2.59. The third-order valence-electron chi connectivity index (χ3n) is 5.02. The SMILES string of the molecule is CC(C)(C)OC(=O)N=C(N)c1ccc(OCC(ON)C(=O)OC(c2ccccc2)c2ccccc2)cc1. The molecule has 9 nitrogen and oxygen atoms in total. The van der Waals surface area contributed by atoms with Crippen molar-refractivity contribution in [3.8, 4) is 5.75 Å². The Morgan fingerprint density at radius 1 is 0.865 bits per heavy atom. The van der Waals surface area contributed by atoms with Crippen molar-refractivity contribution in [1.82, 2.24) is 0 Å². The minimum Gasteiger partial charge on any atom is -0.490 e. The summed E-state index contributed by atoms with van der Waals surface area (Å²) in [5.74, 6) is 5.14. The average molecular weight is 506 g/mol. The monoisotopic (exact) mass is 505 g/mol. The molecule has 0 spiro atoms. The lowest BCUT2D eigenvalue weighted by molar-refractivity contribution is -0.163. The van der Waals surface area contributed by atoms with Crippen LogP contribution in [0.4, 0.5) is 4.79 Å². The lowest BCUT2D eigenvalue weighted by Crippen LogP contribution is -2.35. The van der Waals surface area contributed by atoms with Crippen LogP contribution in [0.5, 0.6) is 5.75 Å². The third kappa shape index (κ3) is 8.45. The first-order valence-electron chi connectivity index (χ1n) is 11.6. The van der Waals surface area contributed by atoms with Crippen LogP contribution >= 0.6 is 0 Å². The number of rotatable bonds is 9. The number of nitrogens with two attached hydrogens (primary N) is 2. The summed E-state index contributed by atoms with van der Waals surface area (Å²) in [4.78, 5) is 33.4. The molecule has 0 saturated carbocycles. The molecule has 0 radical (unpaired) electrons. The number of esters is 1. The number of ether oxygens (including phenoxy) is 3. The van der Waals surface area contributed by atoms with E-state index in [-0.39, 0.29) is 12.4 Å². The van der Waals surface area contributed by atoms with Crippen molar-refractivity contribution in [1.29, 1.82) is 0 Å². The Kier molecular flexibility index (Phi) is 9.37. The molecule has 0 aliphatic rings. The van der Waals surface area contributed by atoms with Crippen molar-refractivity contribution in [2.24, 2.45) is 16.6 Å². The first-order valence-corrected chi connectivity index (χ1v) is 11.6. The molecule has 3 aromatic rings. The molecule has 1 unspecified atom stereocenters. The number of amidine groups is 1. The molecule has 1 atom stereocenters. The van der Waals surface area contributed by atoms with E-state index in [1.807, 2.05) is 60.7 Å². The Labute approximate surface area is 216 Å². The highest BCUT2D eigenvalue weighted by Gasteiger charge is 2.27. The van der Waals surface area contributed by atoms with Crippen molar-refractivity contribution in [3.05, 3.63) is 102 Å². The van der Waals surface area contributed by atoms with Gasteiger partial charge in [0, 0.05) is 5.56 Å². The van der Waals surface area contributed by atoms with E-state index in [1.165, 1.54) is 0 Å². The van der Waals surface area contributed by atoms with Gasteiger partial charge < -0.3 is 19.9 Å². The van der Waals surface area contributed by atoms with Crippen molar-refractivity contribution >= 4 is 17.9 Å². The highest BCUT2D eigenvalue weighted by atomic mass is 16.7. The van der Waals surface area contributed by atoms with Gasteiger partial charge in [0.2, 0.25) is 6.10 Å². The summed E-state index contributed by atoms with van der Waals surface area (Å²) >= 11 is 0. The Balaban J connectivity index is 1.63. The van der Waals surface area contributed by atoms with Crippen LogP contribution in [0.15, 0.2) is 89.9 Å². The maximum atomic E-state index is 12.9. The molecule has 9 heteroatoms. The summed E-state index contributed by atoms with van der Waals surface area (Å²) in [6.45, 7) is 5.02. The minimum absolute atomic E-state index is 0.000381. The summed E-state index contributed by atoms with van der Waals surface area (Å²) in [5, 5.41) is 0. The van der Waals surface area contributed by atoms with Gasteiger partial charge in [-0.15, -0.1) is 0 Å². The zero-order chi connectivity index (χ0) is 26.8. The second-order valence-electron chi connectivity index (χ2n) is 9.08. The third-order valence-corrected chi connectivity index (χ3v) is 5.02. The second-order valence-corrected chi connectivity index (χ2v) is 9.08. The fraction of sp³-hybridized carbons (Fsp3) is 0.250. The number of carbonyl (C=O) groups excluding carboxylic acids is 2. The molecule has 4 N–H and O–H groups in total. The Hall–Kier alpha value is -4.21. The number of benzene rings is 3. The number of carbonyl (C=O) groups is 2. The molecule has 194 valence electrons. The highest BCUT2D eigenvalue weighted by Crippen LogP contribution is 2.26. The Morgan fingerprint density at radius 2 is 1.41 bits per heavy atom. The fourth-order valence-electron chi connectivity index (χ4n) is 3.28. The standard InChI is InChI=1S/C28H31N3O6/c1-28(2,3)36-27(33)31-25(29)21-14-16-22(17-15-21)34-18-23(37-30)26(32)35-24(19-10-6-4-7-11-19)20-12-8-5-9-13-20/h4-17,23-24H,18,30H2,1-3H3,(H2,29,31,33). The molecule has 0 aliphatic carbocycles. The smallest absolute Gasteiger partial charge is 0.436 e. The minimum atomic E-state index is -1.17. The highest BCUT2D eigenvalue weighted by molar-refractivity contribution is 6.02. The van der Waals surface area contributed by atoms with Gasteiger partial charge in [-0.05, 0) is 56.2 Å². The lowest BCUT2D eigenvalue weighted by Gasteiger charge is -2.22. The zero-order valence-electron chi connectivity index (χ0n) is 21.0. The maximum Gasteiger partial charge on any atom is 0.436 e. The molecule has 3 aromatic carbocycles. The van der Waals surface area contributed by atoms with E-state index in [0.29, 0.717) is 11.3 Å². The Bertz CT molecular complexity index is 1150. The van der Waals surface area contributed by atoms with Gasteiger partial charge in [-0.25, -0.2) is 15.5 Å². The van der Waals surface area contributed by atoms with Crippen molar-refractivity contribution in [2.75, 3.05) is 6.61 Å². The van der Waals surface area contributed by atoms with Gasteiger partial charge in [-0.1, -0.05) is 60.7 Å². The molecular formula is C28H31N3O6. The van der Waals surface area contributed by atoms with Crippen LogP contribution in [0.2, 0.25) is 0 Å². The van der Waals surface area contributed by atoms with E-state index < -0.39 is 29.9 Å². The summed E-state index contributed by atoms with van der Waals surface area (Å²) in [6, 6.07) is 25.2. The van der Waals surface area contributed by atoms with E-state index in [4.69, 9.17) is 30.7 Å². The molecular weight excluding hydrogens is 474 g/mol. The first kappa shape index (κ1) is 27.4. The van der Waals surface area contributed by atoms with Crippen molar-refractivity contribution in [3.63, 3.8) is 0 Å².